The Labute approximate surface area is 138 Å². The van der Waals surface area contributed by atoms with Gasteiger partial charge in [-0.25, -0.2) is 0 Å². The SMILES string of the molecule is COCCN1C(=O)S/C(=C\c2c(C)n(C)c3ccccc23)C1=O. The molecule has 1 fully saturated rings. The van der Waals surface area contributed by atoms with Crippen LogP contribution in [0, 0.1) is 6.92 Å². The van der Waals surface area contributed by atoms with Crippen LogP contribution in [0.3, 0.4) is 0 Å². The van der Waals surface area contributed by atoms with E-state index in [1.54, 1.807) is 7.11 Å². The Morgan fingerprint density at radius 2 is 2.00 bits per heavy atom. The first kappa shape index (κ1) is 15.8. The fraction of sp³-hybridized carbons (Fsp3) is 0.294. The zero-order chi connectivity index (χ0) is 16.6. The van der Waals surface area contributed by atoms with Gasteiger partial charge in [-0.2, -0.15) is 0 Å². The van der Waals surface area contributed by atoms with Crippen molar-refractivity contribution in [3.8, 4) is 0 Å². The summed E-state index contributed by atoms with van der Waals surface area (Å²) in [6.45, 7) is 2.65. The molecular weight excluding hydrogens is 312 g/mol. The number of carbonyl (C=O) groups excluding carboxylic acids is 2. The first-order valence-corrected chi connectivity index (χ1v) is 8.14. The van der Waals surface area contributed by atoms with Gasteiger partial charge in [0.1, 0.15) is 0 Å². The number of ether oxygens (including phenoxy) is 1. The summed E-state index contributed by atoms with van der Waals surface area (Å²) < 4.78 is 7.05. The predicted molar refractivity (Wildman–Crippen MR) is 92.2 cm³/mol. The number of fused-ring (bicyclic) bond motifs is 1. The van der Waals surface area contributed by atoms with Crippen molar-refractivity contribution in [2.75, 3.05) is 20.3 Å². The van der Waals surface area contributed by atoms with Crippen molar-refractivity contribution in [3.05, 3.63) is 40.4 Å². The van der Waals surface area contributed by atoms with Crippen LogP contribution in [0.4, 0.5) is 4.79 Å². The van der Waals surface area contributed by atoms with Crippen molar-refractivity contribution >= 4 is 39.9 Å². The molecule has 120 valence electrons. The summed E-state index contributed by atoms with van der Waals surface area (Å²) in [5, 5.41) is 0.840. The number of hydrogen-bond donors (Lipinski definition) is 0. The summed E-state index contributed by atoms with van der Waals surface area (Å²) in [6.07, 6.45) is 1.83. The molecular formula is C17H18N2O3S. The van der Waals surface area contributed by atoms with Crippen molar-refractivity contribution < 1.29 is 14.3 Å². The van der Waals surface area contributed by atoms with Gasteiger partial charge in [-0.15, -0.1) is 0 Å². The molecule has 2 heterocycles. The molecule has 1 saturated heterocycles. The van der Waals surface area contributed by atoms with Gasteiger partial charge >= 0.3 is 0 Å². The fourth-order valence-electron chi connectivity index (χ4n) is 2.74. The maximum absolute atomic E-state index is 12.4. The number of aromatic nitrogens is 1. The Morgan fingerprint density at radius 3 is 2.74 bits per heavy atom. The normalized spacial score (nSPS) is 17.0. The lowest BCUT2D eigenvalue weighted by molar-refractivity contribution is -0.123. The summed E-state index contributed by atoms with van der Waals surface area (Å²) in [7, 11) is 3.55. The van der Waals surface area contributed by atoms with Crippen LogP contribution >= 0.6 is 11.8 Å². The van der Waals surface area contributed by atoms with E-state index in [0.29, 0.717) is 11.5 Å². The molecule has 23 heavy (non-hydrogen) atoms. The molecule has 6 heteroatoms. The number of imide groups is 1. The monoisotopic (exact) mass is 330 g/mol. The molecule has 1 aliphatic rings. The number of rotatable bonds is 4. The van der Waals surface area contributed by atoms with Gasteiger partial charge in [0.25, 0.3) is 11.1 Å². The Kier molecular flexibility index (Phi) is 4.28. The van der Waals surface area contributed by atoms with E-state index in [1.807, 2.05) is 44.3 Å². The number of aryl methyl sites for hydroxylation is 1. The molecule has 0 bridgehead atoms. The van der Waals surface area contributed by atoms with Gasteiger partial charge < -0.3 is 9.30 Å². The molecule has 1 aliphatic heterocycles. The minimum absolute atomic E-state index is 0.240. The molecule has 0 saturated carbocycles. The molecule has 0 N–H and O–H groups in total. The van der Waals surface area contributed by atoms with Crippen LogP contribution < -0.4 is 0 Å². The average molecular weight is 330 g/mol. The molecule has 1 aromatic carbocycles. The van der Waals surface area contributed by atoms with Crippen LogP contribution in [-0.2, 0) is 16.6 Å². The Bertz CT molecular complexity index is 823. The van der Waals surface area contributed by atoms with Crippen molar-refractivity contribution in [3.63, 3.8) is 0 Å². The van der Waals surface area contributed by atoms with Crippen LogP contribution in [-0.4, -0.2) is 40.9 Å². The highest BCUT2D eigenvalue weighted by atomic mass is 32.2. The van der Waals surface area contributed by atoms with E-state index >= 15 is 0 Å². The summed E-state index contributed by atoms with van der Waals surface area (Å²) >= 11 is 0.987. The molecule has 2 amide bonds. The van der Waals surface area contributed by atoms with Crippen LogP contribution in [0.2, 0.25) is 0 Å². The van der Waals surface area contributed by atoms with Crippen molar-refractivity contribution in [2.24, 2.45) is 7.05 Å². The molecule has 0 unspecified atom stereocenters. The van der Waals surface area contributed by atoms with Gasteiger partial charge in [0.15, 0.2) is 0 Å². The molecule has 0 radical (unpaired) electrons. The lowest BCUT2D eigenvalue weighted by Gasteiger charge is -2.10. The number of hydrogen-bond acceptors (Lipinski definition) is 4. The second kappa shape index (κ2) is 6.22. The van der Waals surface area contributed by atoms with Gasteiger partial charge in [-0.1, -0.05) is 18.2 Å². The third kappa shape index (κ3) is 2.68. The van der Waals surface area contributed by atoms with Crippen LogP contribution in [0.25, 0.3) is 17.0 Å². The molecule has 0 aliphatic carbocycles. The zero-order valence-corrected chi connectivity index (χ0v) is 14.1. The van der Waals surface area contributed by atoms with E-state index in [0.717, 1.165) is 33.9 Å². The minimum atomic E-state index is -0.246. The van der Waals surface area contributed by atoms with Crippen molar-refractivity contribution in [2.45, 2.75) is 6.92 Å². The standard InChI is InChI=1S/C17H18N2O3S/c1-11-13(12-6-4-5-7-14(12)18(11)2)10-15-16(20)19(8-9-22-3)17(21)23-15/h4-7,10H,8-9H2,1-3H3/b15-10-. The van der Waals surface area contributed by atoms with Gasteiger partial charge in [0, 0.05) is 36.3 Å². The highest BCUT2D eigenvalue weighted by molar-refractivity contribution is 8.18. The lowest BCUT2D eigenvalue weighted by Crippen LogP contribution is -2.31. The summed E-state index contributed by atoms with van der Waals surface area (Å²) in [6, 6.07) is 8.04. The highest BCUT2D eigenvalue weighted by Crippen LogP contribution is 2.35. The van der Waals surface area contributed by atoms with Crippen LogP contribution in [0.5, 0.6) is 0 Å². The van der Waals surface area contributed by atoms with Crippen molar-refractivity contribution in [1.82, 2.24) is 9.47 Å². The average Bonchev–Trinajstić information content (AvgIpc) is 2.95. The molecule has 1 aromatic heterocycles. The summed E-state index contributed by atoms with van der Waals surface area (Å²) in [5.41, 5.74) is 3.16. The fourth-order valence-corrected chi connectivity index (χ4v) is 3.59. The van der Waals surface area contributed by atoms with Crippen LogP contribution in [0.1, 0.15) is 11.3 Å². The molecule has 0 atom stereocenters. The maximum Gasteiger partial charge on any atom is 0.293 e. The Balaban J connectivity index is 2.01. The van der Waals surface area contributed by atoms with Gasteiger partial charge in [-0.05, 0) is 30.8 Å². The van der Waals surface area contributed by atoms with E-state index in [-0.39, 0.29) is 17.7 Å². The largest absolute Gasteiger partial charge is 0.383 e. The Hall–Kier alpha value is -2.05. The van der Waals surface area contributed by atoms with Gasteiger partial charge in [0.05, 0.1) is 18.1 Å². The third-order valence-corrected chi connectivity index (χ3v) is 5.02. The molecule has 0 spiro atoms. The first-order valence-electron chi connectivity index (χ1n) is 7.33. The third-order valence-electron chi connectivity index (χ3n) is 4.12. The van der Waals surface area contributed by atoms with Gasteiger partial charge in [0.2, 0.25) is 0 Å². The zero-order valence-electron chi connectivity index (χ0n) is 13.3. The predicted octanol–water partition coefficient (Wildman–Crippen LogP) is 3.17. The van der Waals surface area contributed by atoms with Crippen molar-refractivity contribution in [1.29, 1.82) is 0 Å². The highest BCUT2D eigenvalue weighted by Gasteiger charge is 2.34. The summed E-state index contributed by atoms with van der Waals surface area (Å²) in [5.74, 6) is -0.246. The number of amides is 2. The number of para-hydroxylation sites is 1. The lowest BCUT2D eigenvalue weighted by atomic mass is 10.1. The van der Waals surface area contributed by atoms with E-state index in [4.69, 9.17) is 4.74 Å². The van der Waals surface area contributed by atoms with E-state index < -0.39 is 0 Å². The summed E-state index contributed by atoms with van der Waals surface area (Å²) in [4.78, 5) is 26.1. The molecule has 3 rings (SSSR count). The maximum atomic E-state index is 12.4. The first-order chi connectivity index (χ1) is 11.0. The van der Waals surface area contributed by atoms with Crippen LogP contribution in [0.15, 0.2) is 29.2 Å². The minimum Gasteiger partial charge on any atom is -0.383 e. The van der Waals surface area contributed by atoms with Gasteiger partial charge in [-0.3, -0.25) is 14.5 Å². The topological polar surface area (TPSA) is 51.5 Å². The number of benzene rings is 1. The number of thioether (sulfide) groups is 1. The number of methoxy groups -OCH3 is 1. The Morgan fingerprint density at radius 1 is 1.26 bits per heavy atom. The van der Waals surface area contributed by atoms with E-state index in [1.165, 1.54) is 4.90 Å². The quantitative estimate of drug-likeness (QED) is 0.808. The molecule has 5 nitrogen and oxygen atoms in total. The molecule has 2 aromatic rings. The number of carbonyl (C=O) groups is 2. The van der Waals surface area contributed by atoms with E-state index in [2.05, 4.69) is 4.57 Å². The smallest absolute Gasteiger partial charge is 0.293 e. The number of nitrogens with zero attached hydrogens (tertiary/aromatic N) is 2. The second-order valence-corrected chi connectivity index (χ2v) is 6.39. The second-order valence-electron chi connectivity index (χ2n) is 5.40. The van der Waals surface area contributed by atoms with E-state index in [9.17, 15) is 9.59 Å².